The van der Waals surface area contributed by atoms with Gasteiger partial charge in [0.05, 0.1) is 5.56 Å². The highest BCUT2D eigenvalue weighted by molar-refractivity contribution is 5.79. The van der Waals surface area contributed by atoms with Gasteiger partial charge in [0.1, 0.15) is 18.2 Å². The summed E-state index contributed by atoms with van der Waals surface area (Å²) in [6.07, 6.45) is 0.431. The number of hydrogen-bond acceptors (Lipinski definition) is 2. The van der Waals surface area contributed by atoms with Crippen LogP contribution in [0.25, 0.3) is 0 Å². The molecule has 2 nitrogen and oxygen atoms in total. The number of hydrogen-bond donors (Lipinski definition) is 0. The van der Waals surface area contributed by atoms with E-state index in [2.05, 4.69) is 0 Å². The number of aldehydes is 1. The van der Waals surface area contributed by atoms with Crippen molar-refractivity contribution < 1.29 is 22.7 Å². The maximum Gasteiger partial charge on any atom is 0.165 e. The lowest BCUT2D eigenvalue weighted by atomic mass is 10.2. The fourth-order valence-electron chi connectivity index (χ4n) is 1.57. The summed E-state index contributed by atoms with van der Waals surface area (Å²) in [5, 5.41) is 0. The minimum absolute atomic E-state index is 0.0109. The summed E-state index contributed by atoms with van der Waals surface area (Å²) in [7, 11) is 0. The zero-order chi connectivity index (χ0) is 13.8. The van der Waals surface area contributed by atoms with Crippen LogP contribution in [0.2, 0.25) is 0 Å². The first-order chi connectivity index (χ1) is 9.11. The van der Waals surface area contributed by atoms with Crippen molar-refractivity contribution in [1.29, 1.82) is 0 Å². The lowest BCUT2D eigenvalue weighted by molar-refractivity contribution is 0.111. The van der Waals surface area contributed by atoms with Gasteiger partial charge in [-0.05, 0) is 30.3 Å². The summed E-state index contributed by atoms with van der Waals surface area (Å²) in [5.74, 6) is -2.29. The van der Waals surface area contributed by atoms with Gasteiger partial charge in [-0.3, -0.25) is 4.79 Å². The van der Waals surface area contributed by atoms with Gasteiger partial charge in [0, 0.05) is 5.56 Å². The molecular weight excluding hydrogens is 257 g/mol. The first kappa shape index (κ1) is 13.1. The predicted molar refractivity (Wildman–Crippen MR) is 62.5 cm³/mol. The lowest BCUT2D eigenvalue weighted by Gasteiger charge is -2.10. The van der Waals surface area contributed by atoms with Crippen molar-refractivity contribution in [3.8, 4) is 5.75 Å². The molecule has 0 saturated heterocycles. The number of carbonyl (C=O) groups excluding carboxylic acids is 1. The second-order valence-electron chi connectivity index (χ2n) is 3.80. The molecule has 0 aliphatic heterocycles. The average Bonchev–Trinajstić information content (AvgIpc) is 2.40. The second-order valence-corrected chi connectivity index (χ2v) is 3.80. The topological polar surface area (TPSA) is 26.3 Å². The highest BCUT2D eigenvalue weighted by Crippen LogP contribution is 2.23. The van der Waals surface area contributed by atoms with Crippen LogP contribution in [0.5, 0.6) is 5.75 Å². The molecule has 5 heteroatoms. The maximum atomic E-state index is 13.5. The summed E-state index contributed by atoms with van der Waals surface area (Å²) < 4.78 is 44.8. The van der Waals surface area contributed by atoms with E-state index in [1.165, 1.54) is 12.1 Å². The Hall–Kier alpha value is -2.30. The van der Waals surface area contributed by atoms with E-state index >= 15 is 0 Å². The molecule has 19 heavy (non-hydrogen) atoms. The van der Waals surface area contributed by atoms with Crippen molar-refractivity contribution in [2.45, 2.75) is 6.61 Å². The second kappa shape index (κ2) is 5.56. The maximum absolute atomic E-state index is 13.5. The third kappa shape index (κ3) is 2.93. The van der Waals surface area contributed by atoms with Gasteiger partial charge in [0.2, 0.25) is 0 Å². The molecular formula is C14H9F3O2. The lowest BCUT2D eigenvalue weighted by Crippen LogP contribution is -2.03. The number of carbonyl (C=O) groups is 1. The molecule has 0 radical (unpaired) electrons. The van der Waals surface area contributed by atoms with Crippen LogP contribution in [0, 0.1) is 17.5 Å². The molecule has 2 aromatic rings. The highest BCUT2D eigenvalue weighted by atomic mass is 19.1. The predicted octanol–water partition coefficient (Wildman–Crippen LogP) is 3.50. The molecule has 0 aliphatic rings. The molecule has 2 aromatic carbocycles. The minimum atomic E-state index is -0.735. The number of halogens is 3. The molecule has 0 N–H and O–H groups in total. The highest BCUT2D eigenvalue weighted by Gasteiger charge is 2.11. The summed E-state index contributed by atoms with van der Waals surface area (Å²) in [4.78, 5) is 10.7. The van der Waals surface area contributed by atoms with Crippen molar-refractivity contribution in [2.24, 2.45) is 0 Å². The van der Waals surface area contributed by atoms with E-state index in [-0.39, 0.29) is 23.5 Å². The molecule has 0 atom stereocenters. The van der Waals surface area contributed by atoms with Gasteiger partial charge in [-0.1, -0.05) is 6.07 Å². The van der Waals surface area contributed by atoms with Crippen molar-refractivity contribution in [1.82, 2.24) is 0 Å². The van der Waals surface area contributed by atoms with Gasteiger partial charge < -0.3 is 4.74 Å². The van der Waals surface area contributed by atoms with Gasteiger partial charge in [-0.25, -0.2) is 13.2 Å². The first-order valence-corrected chi connectivity index (χ1v) is 5.42. The largest absolute Gasteiger partial charge is 0.485 e. The van der Waals surface area contributed by atoms with Crippen LogP contribution >= 0.6 is 0 Å². The SMILES string of the molecule is O=Cc1cccc(F)c1OCc1cc(F)ccc1F. The molecule has 98 valence electrons. The number of benzene rings is 2. The Morgan fingerprint density at radius 2 is 1.84 bits per heavy atom. The Kier molecular flexibility index (Phi) is 3.85. The number of ether oxygens (including phenoxy) is 1. The minimum Gasteiger partial charge on any atom is -0.485 e. The molecule has 0 heterocycles. The van der Waals surface area contributed by atoms with Crippen LogP contribution in [-0.4, -0.2) is 6.29 Å². The van der Waals surface area contributed by atoms with Crippen LogP contribution < -0.4 is 4.74 Å². The van der Waals surface area contributed by atoms with Crippen LogP contribution in [-0.2, 0) is 6.61 Å². The third-order valence-electron chi connectivity index (χ3n) is 2.50. The Morgan fingerprint density at radius 3 is 2.58 bits per heavy atom. The Balaban J connectivity index is 2.23. The van der Waals surface area contributed by atoms with E-state index in [1.807, 2.05) is 0 Å². The summed E-state index contributed by atoms with van der Waals surface area (Å²) >= 11 is 0. The van der Waals surface area contributed by atoms with Gasteiger partial charge in [0.25, 0.3) is 0 Å². The molecule has 0 bridgehead atoms. The monoisotopic (exact) mass is 266 g/mol. The van der Waals surface area contributed by atoms with Crippen LogP contribution in [0.3, 0.4) is 0 Å². The van der Waals surface area contributed by atoms with Crippen molar-refractivity contribution in [3.05, 3.63) is 65.0 Å². The fraction of sp³-hybridized carbons (Fsp3) is 0.0714. The zero-order valence-electron chi connectivity index (χ0n) is 9.70. The third-order valence-corrected chi connectivity index (χ3v) is 2.50. The fourth-order valence-corrected chi connectivity index (χ4v) is 1.57. The van der Waals surface area contributed by atoms with Crippen LogP contribution in [0.4, 0.5) is 13.2 Å². The standard InChI is InChI=1S/C14H9F3O2/c15-11-4-5-12(16)10(6-11)8-19-14-9(7-18)2-1-3-13(14)17/h1-7H,8H2. The molecule has 0 unspecified atom stereocenters. The molecule has 2 rings (SSSR count). The van der Waals surface area contributed by atoms with E-state index in [0.29, 0.717) is 6.29 Å². The average molecular weight is 266 g/mol. The van der Waals surface area contributed by atoms with Crippen molar-refractivity contribution >= 4 is 6.29 Å². The molecule has 0 amide bonds. The number of rotatable bonds is 4. The van der Waals surface area contributed by atoms with Gasteiger partial charge in [0.15, 0.2) is 17.9 Å². The molecule has 0 saturated carbocycles. The quantitative estimate of drug-likeness (QED) is 0.792. The molecule has 0 fully saturated rings. The summed E-state index contributed by atoms with van der Waals surface area (Å²) in [5.41, 5.74) is -0.0445. The van der Waals surface area contributed by atoms with Crippen molar-refractivity contribution in [2.75, 3.05) is 0 Å². The first-order valence-electron chi connectivity index (χ1n) is 5.42. The molecule has 0 aromatic heterocycles. The smallest absolute Gasteiger partial charge is 0.165 e. The molecule has 0 aliphatic carbocycles. The van der Waals surface area contributed by atoms with E-state index in [9.17, 15) is 18.0 Å². The summed E-state index contributed by atoms with van der Waals surface area (Å²) in [6.45, 7) is -0.370. The van der Waals surface area contributed by atoms with E-state index in [0.717, 1.165) is 24.3 Å². The Morgan fingerprint density at radius 1 is 1.05 bits per heavy atom. The zero-order valence-corrected chi connectivity index (χ0v) is 9.70. The van der Waals surface area contributed by atoms with E-state index in [1.54, 1.807) is 0 Å². The van der Waals surface area contributed by atoms with Gasteiger partial charge in [-0.15, -0.1) is 0 Å². The normalized spacial score (nSPS) is 10.3. The Bertz CT molecular complexity index is 612. The van der Waals surface area contributed by atoms with Crippen LogP contribution in [0.1, 0.15) is 15.9 Å². The van der Waals surface area contributed by atoms with Gasteiger partial charge in [-0.2, -0.15) is 0 Å². The summed E-state index contributed by atoms with van der Waals surface area (Å²) in [6, 6.07) is 6.72. The Labute approximate surface area is 107 Å². The molecule has 0 spiro atoms. The van der Waals surface area contributed by atoms with E-state index in [4.69, 9.17) is 4.74 Å². The van der Waals surface area contributed by atoms with Gasteiger partial charge >= 0.3 is 0 Å². The number of para-hydroxylation sites is 1. The van der Waals surface area contributed by atoms with Crippen LogP contribution in [0.15, 0.2) is 36.4 Å². The van der Waals surface area contributed by atoms with E-state index < -0.39 is 17.5 Å². The van der Waals surface area contributed by atoms with Crippen molar-refractivity contribution in [3.63, 3.8) is 0 Å².